The first-order chi connectivity index (χ1) is 16.6. The van der Waals surface area contributed by atoms with Gasteiger partial charge in [0.25, 0.3) is 0 Å². The molecule has 2 aromatic carbocycles. The number of anilines is 2. The number of sulfonamides is 1. The second-order valence-electron chi connectivity index (χ2n) is 7.81. The van der Waals surface area contributed by atoms with E-state index in [9.17, 15) is 26.8 Å². The Bertz CT molecular complexity index is 1370. The van der Waals surface area contributed by atoms with Gasteiger partial charge in [-0.25, -0.2) is 27.0 Å². The number of aromatic nitrogens is 1. The smallest absolute Gasteiger partial charge is 0.335 e. The molecule has 1 aromatic heterocycles. The van der Waals surface area contributed by atoms with Crippen LogP contribution in [0, 0.1) is 11.6 Å². The van der Waals surface area contributed by atoms with Crippen LogP contribution in [0.3, 0.4) is 0 Å². The molecule has 0 unspecified atom stereocenters. The molecule has 9 nitrogen and oxygen atoms in total. The van der Waals surface area contributed by atoms with Gasteiger partial charge in [0.15, 0.2) is 5.13 Å². The highest BCUT2D eigenvalue weighted by atomic mass is 32.2. The molecule has 0 amide bonds. The number of hydrogen-bond donors (Lipinski definition) is 3. The zero-order chi connectivity index (χ0) is 25.3. The number of nitrogens with one attached hydrogen (secondary N) is 1. The number of nitrogens with two attached hydrogens (primary N) is 1. The Balaban J connectivity index is 1.41. The second kappa shape index (κ2) is 9.68. The molecule has 1 fully saturated rings. The number of nitrogen functional groups attached to an aromatic ring is 1. The van der Waals surface area contributed by atoms with Crippen molar-refractivity contribution in [3.63, 3.8) is 0 Å². The number of carbonyl (C=O) groups excluding carboxylic acids is 1. The number of aromatic carboxylic acids is 1. The van der Waals surface area contributed by atoms with Gasteiger partial charge in [0, 0.05) is 19.1 Å². The average Bonchev–Trinajstić information content (AvgIpc) is 3.19. The molecule has 4 N–H and O–H groups in total. The van der Waals surface area contributed by atoms with E-state index in [1.165, 1.54) is 28.6 Å². The summed E-state index contributed by atoms with van der Waals surface area (Å²) in [4.78, 5) is 27.6. The number of nitrogens with zero attached hydrogens (tertiary/aromatic N) is 2. The standard InChI is InChI=1S/C22H20F2N4O5S2/c23-15-2-1-3-16(24)17(15)18(29)19-20(25)27-22(34-19)26-13-8-10-28(11-9-13)35(32,33)14-6-4-12(5-7-14)21(30)31/h1-7,13H,8-11,25H2,(H,26,27)(H,30,31). The van der Waals surface area contributed by atoms with Crippen molar-refractivity contribution in [3.05, 3.63) is 70.1 Å². The van der Waals surface area contributed by atoms with Crippen LogP contribution in [0.1, 0.15) is 38.4 Å². The van der Waals surface area contributed by atoms with E-state index in [2.05, 4.69) is 10.3 Å². The van der Waals surface area contributed by atoms with Crippen LogP contribution in [-0.4, -0.2) is 53.7 Å². The van der Waals surface area contributed by atoms with Gasteiger partial charge in [-0.3, -0.25) is 4.79 Å². The first-order valence-electron chi connectivity index (χ1n) is 10.4. The van der Waals surface area contributed by atoms with Crippen molar-refractivity contribution >= 4 is 44.1 Å². The number of halogens is 2. The first kappa shape index (κ1) is 24.7. The molecule has 2 heterocycles. The van der Waals surface area contributed by atoms with Crippen molar-refractivity contribution < 1.29 is 31.9 Å². The maximum atomic E-state index is 14.0. The van der Waals surface area contributed by atoms with Crippen LogP contribution < -0.4 is 11.1 Å². The molecule has 4 rings (SSSR count). The fraction of sp³-hybridized carbons (Fsp3) is 0.227. The van der Waals surface area contributed by atoms with E-state index in [4.69, 9.17) is 10.8 Å². The number of piperidine rings is 1. The molecule has 1 aliphatic rings. The molecular formula is C22H20F2N4O5S2. The van der Waals surface area contributed by atoms with E-state index in [1.54, 1.807) is 0 Å². The number of benzene rings is 2. The third-order valence-corrected chi connectivity index (χ3v) is 8.48. The molecule has 0 spiro atoms. The summed E-state index contributed by atoms with van der Waals surface area (Å²) in [5.41, 5.74) is 5.11. The molecule has 0 bridgehead atoms. The highest BCUT2D eigenvalue weighted by Crippen LogP contribution is 2.31. The quantitative estimate of drug-likeness (QED) is 0.402. The van der Waals surface area contributed by atoms with Crippen molar-refractivity contribution in [2.24, 2.45) is 0 Å². The fourth-order valence-electron chi connectivity index (χ4n) is 3.72. The molecule has 1 aliphatic heterocycles. The lowest BCUT2D eigenvalue weighted by atomic mass is 10.1. The Labute approximate surface area is 203 Å². The summed E-state index contributed by atoms with van der Waals surface area (Å²) in [5.74, 6) is -4.20. The minimum Gasteiger partial charge on any atom is -0.478 e. The number of carbonyl (C=O) groups is 2. The second-order valence-corrected chi connectivity index (χ2v) is 10.7. The third-order valence-electron chi connectivity index (χ3n) is 5.57. The van der Waals surface area contributed by atoms with Gasteiger partial charge < -0.3 is 16.2 Å². The van der Waals surface area contributed by atoms with E-state index in [1.807, 2.05) is 0 Å². The highest BCUT2D eigenvalue weighted by Gasteiger charge is 2.30. The van der Waals surface area contributed by atoms with Crippen molar-refractivity contribution in [3.8, 4) is 0 Å². The molecule has 13 heteroatoms. The summed E-state index contributed by atoms with van der Waals surface area (Å²) in [7, 11) is -3.79. The first-order valence-corrected chi connectivity index (χ1v) is 12.7. The Morgan fingerprint density at radius 3 is 2.26 bits per heavy atom. The summed E-state index contributed by atoms with van der Waals surface area (Å²) in [6.07, 6.45) is 0.855. The van der Waals surface area contributed by atoms with Crippen LogP contribution in [0.4, 0.5) is 19.7 Å². The molecule has 3 aromatic rings. The number of carboxylic acid groups (broad SMARTS) is 1. The van der Waals surface area contributed by atoms with Crippen molar-refractivity contribution in [2.45, 2.75) is 23.8 Å². The molecular weight excluding hydrogens is 502 g/mol. The van der Waals surface area contributed by atoms with Crippen molar-refractivity contribution in [2.75, 3.05) is 24.1 Å². The fourth-order valence-corrected chi connectivity index (χ4v) is 6.10. The summed E-state index contributed by atoms with van der Waals surface area (Å²) < 4.78 is 55.1. The lowest BCUT2D eigenvalue weighted by Gasteiger charge is -2.31. The van der Waals surface area contributed by atoms with Gasteiger partial charge in [0.1, 0.15) is 22.3 Å². The van der Waals surface area contributed by atoms with Gasteiger partial charge in [0.2, 0.25) is 15.8 Å². The molecule has 0 radical (unpaired) electrons. The normalized spacial score (nSPS) is 15.1. The largest absolute Gasteiger partial charge is 0.478 e. The molecule has 0 saturated carbocycles. The van der Waals surface area contributed by atoms with E-state index in [0.717, 1.165) is 29.5 Å². The van der Waals surface area contributed by atoms with E-state index >= 15 is 0 Å². The highest BCUT2D eigenvalue weighted by molar-refractivity contribution is 7.89. The molecule has 184 valence electrons. The Hall–Kier alpha value is -3.42. The van der Waals surface area contributed by atoms with E-state index < -0.39 is 39.0 Å². The summed E-state index contributed by atoms with van der Waals surface area (Å²) in [6.45, 7) is 0.404. The van der Waals surface area contributed by atoms with Gasteiger partial charge in [0.05, 0.1) is 16.0 Å². The van der Waals surface area contributed by atoms with Crippen LogP contribution in [-0.2, 0) is 10.0 Å². The zero-order valence-electron chi connectivity index (χ0n) is 18.1. The molecule has 0 atom stereocenters. The van der Waals surface area contributed by atoms with Crippen LogP contribution in [0.15, 0.2) is 47.4 Å². The van der Waals surface area contributed by atoms with E-state index in [-0.39, 0.29) is 45.4 Å². The zero-order valence-corrected chi connectivity index (χ0v) is 19.7. The Morgan fingerprint density at radius 1 is 1.09 bits per heavy atom. The van der Waals surface area contributed by atoms with Crippen molar-refractivity contribution in [1.29, 1.82) is 0 Å². The molecule has 1 saturated heterocycles. The SMILES string of the molecule is Nc1nc(NC2CCN(S(=O)(=O)c3ccc(C(=O)O)cc3)CC2)sc1C(=O)c1c(F)cccc1F. The van der Waals surface area contributed by atoms with Gasteiger partial charge >= 0.3 is 5.97 Å². The number of ketones is 1. The number of rotatable bonds is 7. The van der Waals surface area contributed by atoms with Crippen molar-refractivity contribution in [1.82, 2.24) is 9.29 Å². The van der Waals surface area contributed by atoms with Gasteiger partial charge in [-0.15, -0.1) is 0 Å². The van der Waals surface area contributed by atoms with Gasteiger partial charge in [-0.2, -0.15) is 4.31 Å². The number of thiazole rings is 1. The minimum atomic E-state index is -3.79. The Kier molecular flexibility index (Phi) is 6.83. The predicted molar refractivity (Wildman–Crippen MR) is 125 cm³/mol. The number of hydrogen-bond acceptors (Lipinski definition) is 8. The molecule has 0 aliphatic carbocycles. The van der Waals surface area contributed by atoms with Crippen LogP contribution in [0.25, 0.3) is 0 Å². The van der Waals surface area contributed by atoms with Crippen LogP contribution in [0.5, 0.6) is 0 Å². The minimum absolute atomic E-state index is 0.00476. The third kappa shape index (κ3) is 5.01. The van der Waals surface area contributed by atoms with Gasteiger partial charge in [-0.1, -0.05) is 17.4 Å². The monoisotopic (exact) mass is 522 g/mol. The summed E-state index contributed by atoms with van der Waals surface area (Å²) >= 11 is 0.870. The maximum absolute atomic E-state index is 14.0. The maximum Gasteiger partial charge on any atom is 0.335 e. The lowest BCUT2D eigenvalue weighted by molar-refractivity contribution is 0.0696. The number of carboxylic acids is 1. The van der Waals surface area contributed by atoms with Crippen LogP contribution in [0.2, 0.25) is 0 Å². The Morgan fingerprint density at radius 2 is 1.69 bits per heavy atom. The van der Waals surface area contributed by atoms with Gasteiger partial charge in [-0.05, 0) is 49.2 Å². The van der Waals surface area contributed by atoms with E-state index in [0.29, 0.717) is 12.8 Å². The predicted octanol–water partition coefficient (Wildman–Crippen LogP) is 3.20. The summed E-state index contributed by atoms with van der Waals surface area (Å²) in [5, 5.41) is 12.4. The van der Waals surface area contributed by atoms with Crippen LogP contribution >= 0.6 is 11.3 Å². The topological polar surface area (TPSA) is 143 Å². The summed E-state index contributed by atoms with van der Waals surface area (Å²) in [6, 6.07) is 7.95. The average molecular weight is 523 g/mol. The lowest BCUT2D eigenvalue weighted by Crippen LogP contribution is -2.42. The molecule has 35 heavy (non-hydrogen) atoms.